The molecule has 2 rings (SSSR count). The van der Waals surface area contributed by atoms with Crippen LogP contribution in [0.4, 0.5) is 0 Å². The van der Waals surface area contributed by atoms with E-state index in [-0.39, 0.29) is 17.6 Å². The fourth-order valence-electron chi connectivity index (χ4n) is 2.24. The van der Waals surface area contributed by atoms with Crippen molar-refractivity contribution in [2.45, 2.75) is 57.6 Å². The molecule has 6 nitrogen and oxygen atoms in total. The van der Waals surface area contributed by atoms with Crippen molar-refractivity contribution >= 4 is 10.0 Å². The Labute approximate surface area is 120 Å². The van der Waals surface area contributed by atoms with Crippen molar-refractivity contribution in [3.8, 4) is 0 Å². The van der Waals surface area contributed by atoms with E-state index in [9.17, 15) is 8.42 Å². The zero-order valence-corrected chi connectivity index (χ0v) is 13.2. The first-order valence-electron chi connectivity index (χ1n) is 7.13. The SMILES string of the molecule is Cc1[nH]nc(S(=O)(=O)N(CCC(C)C)C2CC2)c1CN. The molecule has 0 aliphatic heterocycles. The van der Waals surface area contributed by atoms with Crippen molar-refractivity contribution in [2.24, 2.45) is 11.7 Å². The van der Waals surface area contributed by atoms with Crippen LogP contribution in [0, 0.1) is 12.8 Å². The van der Waals surface area contributed by atoms with Crippen molar-refractivity contribution < 1.29 is 8.42 Å². The quantitative estimate of drug-likeness (QED) is 0.795. The molecule has 0 unspecified atom stereocenters. The molecule has 20 heavy (non-hydrogen) atoms. The van der Waals surface area contributed by atoms with Crippen LogP contribution in [0.3, 0.4) is 0 Å². The minimum absolute atomic E-state index is 0.105. The van der Waals surface area contributed by atoms with Crippen LogP contribution in [0.2, 0.25) is 0 Å². The third-order valence-electron chi connectivity index (χ3n) is 3.67. The van der Waals surface area contributed by atoms with Gasteiger partial charge in [0.1, 0.15) is 0 Å². The zero-order valence-electron chi connectivity index (χ0n) is 12.4. The summed E-state index contributed by atoms with van der Waals surface area (Å²) in [7, 11) is -3.54. The van der Waals surface area contributed by atoms with Crippen molar-refractivity contribution in [3.63, 3.8) is 0 Å². The summed E-state index contributed by atoms with van der Waals surface area (Å²) in [6, 6.07) is 0.140. The summed E-state index contributed by atoms with van der Waals surface area (Å²) in [4.78, 5) is 0. The highest BCUT2D eigenvalue weighted by molar-refractivity contribution is 7.89. The van der Waals surface area contributed by atoms with Crippen LogP contribution >= 0.6 is 0 Å². The van der Waals surface area contributed by atoms with Gasteiger partial charge in [0, 0.05) is 30.4 Å². The van der Waals surface area contributed by atoms with E-state index in [1.807, 2.05) is 0 Å². The van der Waals surface area contributed by atoms with Gasteiger partial charge in [-0.05, 0) is 32.1 Å². The van der Waals surface area contributed by atoms with Gasteiger partial charge in [-0.3, -0.25) is 5.10 Å². The van der Waals surface area contributed by atoms with Crippen LogP contribution in [0.1, 0.15) is 44.4 Å². The maximum absolute atomic E-state index is 12.8. The van der Waals surface area contributed by atoms with Crippen LogP contribution < -0.4 is 5.73 Å². The van der Waals surface area contributed by atoms with Gasteiger partial charge in [-0.15, -0.1) is 0 Å². The summed E-state index contributed by atoms with van der Waals surface area (Å²) in [6.45, 7) is 6.73. The van der Waals surface area contributed by atoms with Gasteiger partial charge >= 0.3 is 0 Å². The van der Waals surface area contributed by atoms with Gasteiger partial charge in [-0.25, -0.2) is 8.42 Å². The minimum Gasteiger partial charge on any atom is -0.326 e. The zero-order chi connectivity index (χ0) is 14.9. The molecule has 1 aliphatic rings. The van der Waals surface area contributed by atoms with E-state index in [1.165, 1.54) is 0 Å². The number of H-pyrrole nitrogens is 1. The number of hydrogen-bond donors (Lipinski definition) is 2. The Morgan fingerprint density at radius 3 is 2.60 bits per heavy atom. The van der Waals surface area contributed by atoms with Crippen molar-refractivity contribution in [2.75, 3.05) is 6.54 Å². The average Bonchev–Trinajstić information content (AvgIpc) is 3.11. The molecule has 0 spiro atoms. The Balaban J connectivity index is 2.30. The number of nitrogens with two attached hydrogens (primary N) is 1. The molecule has 1 saturated carbocycles. The largest absolute Gasteiger partial charge is 0.326 e. The third kappa shape index (κ3) is 3.05. The van der Waals surface area contributed by atoms with Crippen LogP contribution in [0.15, 0.2) is 5.03 Å². The number of aromatic amines is 1. The molecular weight excluding hydrogens is 276 g/mol. The maximum atomic E-state index is 12.8. The topological polar surface area (TPSA) is 92.1 Å². The summed E-state index contributed by atoms with van der Waals surface area (Å²) < 4.78 is 27.2. The molecule has 3 N–H and O–H groups in total. The Bertz CT molecular complexity index is 561. The van der Waals surface area contributed by atoms with Gasteiger partial charge in [0.2, 0.25) is 0 Å². The highest BCUT2D eigenvalue weighted by Crippen LogP contribution is 2.33. The average molecular weight is 300 g/mol. The fraction of sp³-hybridized carbons (Fsp3) is 0.769. The Hall–Kier alpha value is -0.920. The molecule has 0 aromatic carbocycles. The number of nitrogens with one attached hydrogen (secondary N) is 1. The van der Waals surface area contributed by atoms with Gasteiger partial charge in [-0.1, -0.05) is 13.8 Å². The van der Waals surface area contributed by atoms with Gasteiger partial charge < -0.3 is 5.73 Å². The second kappa shape index (κ2) is 5.83. The Morgan fingerprint density at radius 2 is 2.10 bits per heavy atom. The summed E-state index contributed by atoms with van der Waals surface area (Å²) in [5.41, 5.74) is 6.99. The van der Waals surface area contributed by atoms with Crippen molar-refractivity contribution in [1.29, 1.82) is 0 Å². The number of hydrogen-bond acceptors (Lipinski definition) is 4. The second-order valence-electron chi connectivity index (χ2n) is 5.87. The van der Waals surface area contributed by atoms with Crippen LogP contribution in [-0.4, -0.2) is 35.5 Å². The van der Waals surface area contributed by atoms with Gasteiger partial charge in [0.15, 0.2) is 5.03 Å². The Kier molecular flexibility index (Phi) is 4.51. The lowest BCUT2D eigenvalue weighted by molar-refractivity contribution is 0.371. The molecule has 7 heteroatoms. The monoisotopic (exact) mass is 300 g/mol. The normalized spacial score (nSPS) is 16.3. The predicted molar refractivity (Wildman–Crippen MR) is 77.6 cm³/mol. The molecule has 1 aliphatic carbocycles. The van der Waals surface area contributed by atoms with E-state index in [2.05, 4.69) is 24.0 Å². The molecule has 1 heterocycles. The molecule has 0 radical (unpaired) electrons. The van der Waals surface area contributed by atoms with Crippen LogP contribution in [0.5, 0.6) is 0 Å². The highest BCUT2D eigenvalue weighted by Gasteiger charge is 2.40. The minimum atomic E-state index is -3.54. The van der Waals surface area contributed by atoms with E-state index in [4.69, 9.17) is 5.73 Å². The predicted octanol–water partition coefficient (Wildman–Crippen LogP) is 1.38. The lowest BCUT2D eigenvalue weighted by atomic mass is 10.1. The van der Waals surface area contributed by atoms with E-state index in [1.54, 1.807) is 11.2 Å². The molecule has 1 fully saturated rings. The summed E-state index contributed by atoms with van der Waals surface area (Å²) in [5, 5.41) is 6.82. The first kappa shape index (κ1) is 15.5. The number of aromatic nitrogens is 2. The third-order valence-corrected chi connectivity index (χ3v) is 5.60. The molecule has 1 aromatic heterocycles. The summed E-state index contributed by atoms with van der Waals surface area (Å²) in [6.07, 6.45) is 2.74. The first-order valence-corrected chi connectivity index (χ1v) is 8.57. The van der Waals surface area contributed by atoms with Gasteiger partial charge in [0.25, 0.3) is 10.0 Å². The maximum Gasteiger partial charge on any atom is 0.262 e. The van der Waals surface area contributed by atoms with Crippen LogP contribution in [0.25, 0.3) is 0 Å². The Morgan fingerprint density at radius 1 is 1.45 bits per heavy atom. The smallest absolute Gasteiger partial charge is 0.262 e. The van der Waals surface area contributed by atoms with E-state index in [0.717, 1.165) is 25.0 Å². The summed E-state index contributed by atoms with van der Waals surface area (Å²) >= 11 is 0. The summed E-state index contributed by atoms with van der Waals surface area (Å²) in [5.74, 6) is 0.473. The number of nitrogens with zero attached hydrogens (tertiary/aromatic N) is 2. The molecule has 0 bridgehead atoms. The first-order chi connectivity index (χ1) is 9.37. The van der Waals surface area contributed by atoms with E-state index < -0.39 is 10.0 Å². The standard InChI is InChI=1S/C13H24N4O2S/c1-9(2)6-7-17(11-4-5-11)20(18,19)13-12(8-14)10(3)15-16-13/h9,11H,4-8,14H2,1-3H3,(H,15,16). The van der Waals surface area contributed by atoms with Gasteiger partial charge in [-0.2, -0.15) is 9.40 Å². The number of aryl methyl sites for hydroxylation is 1. The molecule has 0 amide bonds. The van der Waals surface area contributed by atoms with Crippen molar-refractivity contribution in [3.05, 3.63) is 11.3 Å². The molecule has 0 atom stereocenters. The molecule has 0 saturated heterocycles. The fourth-order valence-corrected chi connectivity index (χ4v) is 4.12. The lowest BCUT2D eigenvalue weighted by Crippen LogP contribution is -2.35. The molecular formula is C13H24N4O2S. The second-order valence-corrected chi connectivity index (χ2v) is 7.67. The van der Waals surface area contributed by atoms with E-state index >= 15 is 0 Å². The molecule has 1 aromatic rings. The number of rotatable bonds is 7. The highest BCUT2D eigenvalue weighted by atomic mass is 32.2. The van der Waals surface area contributed by atoms with Crippen LogP contribution in [-0.2, 0) is 16.6 Å². The number of sulfonamides is 1. The van der Waals surface area contributed by atoms with Crippen molar-refractivity contribution in [1.82, 2.24) is 14.5 Å². The lowest BCUT2D eigenvalue weighted by Gasteiger charge is -2.22. The van der Waals surface area contributed by atoms with E-state index in [0.29, 0.717) is 18.0 Å². The molecule has 114 valence electrons. The van der Waals surface area contributed by atoms with Gasteiger partial charge in [0.05, 0.1) is 0 Å².